The summed E-state index contributed by atoms with van der Waals surface area (Å²) in [7, 11) is 0. The average molecular weight is 659 g/mol. The van der Waals surface area contributed by atoms with Crippen molar-refractivity contribution in [2.75, 3.05) is 6.54 Å². The second-order valence-corrected chi connectivity index (χ2v) is 14.9. The third-order valence-electron chi connectivity index (χ3n) is 11.6. The summed E-state index contributed by atoms with van der Waals surface area (Å²) < 4.78 is 19.4. The Hall–Kier alpha value is -3.22. The van der Waals surface area contributed by atoms with Crippen molar-refractivity contribution < 1.29 is 14.3 Å². The van der Waals surface area contributed by atoms with Crippen LogP contribution in [-0.2, 0) is 11.2 Å². The number of halogens is 3. The molecule has 1 amide bonds. The van der Waals surface area contributed by atoms with E-state index >= 15 is 4.39 Å². The van der Waals surface area contributed by atoms with Crippen LogP contribution < -0.4 is 5.32 Å². The third-order valence-corrected chi connectivity index (χ3v) is 12.4. The van der Waals surface area contributed by atoms with Gasteiger partial charge in [0.05, 0.1) is 39.8 Å². The van der Waals surface area contributed by atoms with E-state index in [4.69, 9.17) is 28.2 Å². The Morgan fingerprint density at radius 2 is 2.02 bits per heavy atom. The molecule has 3 saturated carbocycles. The first-order chi connectivity index (χ1) is 22.3. The van der Waals surface area contributed by atoms with Crippen LogP contribution in [0.5, 0.6) is 0 Å². The minimum Gasteiger partial charge on any atom is -0.393 e. The number of aliphatic hydroxyl groups excluding tert-OH is 1. The zero-order valence-corrected chi connectivity index (χ0v) is 27.0. The normalized spacial score (nSPS) is 29.6. The second-order valence-electron chi connectivity index (χ2n) is 14.1. The number of nitriles is 1. The molecule has 3 aliphatic heterocycles. The van der Waals surface area contributed by atoms with E-state index in [-0.39, 0.29) is 58.9 Å². The highest BCUT2D eigenvalue weighted by Crippen LogP contribution is 2.56. The molecule has 0 spiro atoms. The van der Waals surface area contributed by atoms with Gasteiger partial charge in [-0.25, -0.2) is 9.37 Å². The number of amides is 1. The number of hydrogen-bond acceptors (Lipinski definition) is 5. The molecule has 5 heterocycles. The number of fused-ring (bicyclic) bond motifs is 6. The van der Waals surface area contributed by atoms with Gasteiger partial charge < -0.3 is 19.9 Å². The standard InChI is InChI=1S/C36H34Cl2FN5O2/c1-16-22-14-27(35-23-12-20(13-28(23)45)43(35)36(46)17-7-8-17)44(33-19-11-26(33)41-15-19)34(22)24-10-18(4-3-9-40)29(31(39)32(24)42-16)21-5-2-6-25(37)30(21)38/h2,5-6,10,14,17,19-20,23,26,28,33,35,41,45H,3-4,7-8,11-13,15H2,1H3/t19-,20-,23+,26-,28+,33?,35-/m1/s1. The highest BCUT2D eigenvalue weighted by molar-refractivity contribution is 6.43. The van der Waals surface area contributed by atoms with Crippen LogP contribution in [0.15, 0.2) is 30.3 Å². The molecule has 2 aromatic carbocycles. The quantitative estimate of drug-likeness (QED) is 0.232. The molecule has 0 radical (unpaired) electrons. The van der Waals surface area contributed by atoms with Crippen molar-refractivity contribution in [2.45, 2.75) is 82.1 Å². The molecule has 1 unspecified atom stereocenters. The Morgan fingerprint density at radius 1 is 1.20 bits per heavy atom. The van der Waals surface area contributed by atoms with E-state index in [0.717, 1.165) is 48.8 Å². The predicted molar refractivity (Wildman–Crippen MR) is 175 cm³/mol. The minimum absolute atomic E-state index is 0.0387. The summed E-state index contributed by atoms with van der Waals surface area (Å²) in [6, 6.07) is 11.8. The monoisotopic (exact) mass is 657 g/mol. The fourth-order valence-corrected chi connectivity index (χ4v) is 9.71. The van der Waals surface area contributed by atoms with Crippen LogP contribution in [0, 0.1) is 41.8 Å². The number of benzene rings is 2. The number of pyridine rings is 1. The molecule has 4 bridgehead atoms. The summed E-state index contributed by atoms with van der Waals surface area (Å²) in [6.07, 6.45) is 4.45. The van der Waals surface area contributed by atoms with Crippen molar-refractivity contribution in [3.63, 3.8) is 0 Å². The number of nitrogens with one attached hydrogen (secondary N) is 1. The van der Waals surface area contributed by atoms with E-state index in [2.05, 4.69) is 26.9 Å². The third kappa shape index (κ3) is 4.01. The lowest BCUT2D eigenvalue weighted by Crippen LogP contribution is -2.46. The number of hydrogen-bond donors (Lipinski definition) is 2. The molecule has 236 valence electrons. The first-order valence-corrected chi connectivity index (χ1v) is 17.2. The van der Waals surface area contributed by atoms with Gasteiger partial charge in [0, 0.05) is 70.2 Å². The Kier molecular flexibility index (Phi) is 6.54. The van der Waals surface area contributed by atoms with Crippen LogP contribution in [0.3, 0.4) is 0 Å². The minimum atomic E-state index is -0.482. The largest absolute Gasteiger partial charge is 0.393 e. The highest BCUT2D eigenvalue weighted by atomic mass is 35.5. The number of aromatic nitrogens is 2. The molecular weight excluding hydrogens is 624 g/mol. The molecule has 2 N–H and O–H groups in total. The fourth-order valence-electron chi connectivity index (χ4n) is 9.31. The van der Waals surface area contributed by atoms with Gasteiger partial charge in [0.15, 0.2) is 5.82 Å². The number of piperidine rings is 1. The fraction of sp³-hybridized carbons (Fsp3) is 0.472. The number of aryl methyl sites for hydroxylation is 2. The summed E-state index contributed by atoms with van der Waals surface area (Å²) in [5.41, 5.74) is 4.37. The van der Waals surface area contributed by atoms with Gasteiger partial charge in [-0.3, -0.25) is 4.79 Å². The van der Waals surface area contributed by atoms with Crippen molar-refractivity contribution in [3.8, 4) is 17.2 Å². The maximum absolute atomic E-state index is 17.0. The van der Waals surface area contributed by atoms with E-state index in [1.54, 1.807) is 18.2 Å². The molecule has 4 aromatic rings. The van der Waals surface area contributed by atoms with E-state index in [1.165, 1.54) is 0 Å². The van der Waals surface area contributed by atoms with Gasteiger partial charge in [0.1, 0.15) is 5.52 Å². The molecule has 6 aliphatic rings. The number of rotatable bonds is 6. The maximum atomic E-state index is 17.0. The topological polar surface area (TPSA) is 94.2 Å². The smallest absolute Gasteiger partial charge is 0.226 e. The van der Waals surface area contributed by atoms with Crippen LogP contribution in [0.4, 0.5) is 4.39 Å². The Bertz CT molecular complexity index is 2000. The molecule has 10 rings (SSSR count). The maximum Gasteiger partial charge on any atom is 0.226 e. The Labute approximate surface area is 276 Å². The van der Waals surface area contributed by atoms with Crippen LogP contribution >= 0.6 is 23.2 Å². The summed E-state index contributed by atoms with van der Waals surface area (Å²) in [5.74, 6) is 0.191. The van der Waals surface area contributed by atoms with Crippen LogP contribution in [-0.4, -0.2) is 50.2 Å². The number of nitrogens with zero attached hydrogens (tertiary/aromatic N) is 4. The van der Waals surface area contributed by atoms with Gasteiger partial charge in [-0.15, -0.1) is 0 Å². The number of carbonyl (C=O) groups excluding carboxylic acids is 1. The number of likely N-dealkylation sites (tertiary alicyclic amines) is 1. The molecule has 46 heavy (non-hydrogen) atoms. The van der Waals surface area contributed by atoms with E-state index in [1.807, 2.05) is 13.0 Å². The van der Waals surface area contributed by atoms with E-state index < -0.39 is 11.9 Å². The average Bonchev–Trinajstić information content (AvgIpc) is 3.39. The predicted octanol–water partition coefficient (Wildman–Crippen LogP) is 7.03. The summed E-state index contributed by atoms with van der Waals surface area (Å²) in [5, 5.41) is 26.6. The van der Waals surface area contributed by atoms with Crippen molar-refractivity contribution in [1.82, 2.24) is 19.8 Å². The van der Waals surface area contributed by atoms with Gasteiger partial charge in [-0.05, 0) is 75.1 Å². The zero-order valence-electron chi connectivity index (χ0n) is 25.4. The first-order valence-electron chi connectivity index (χ1n) is 16.5. The van der Waals surface area contributed by atoms with Gasteiger partial charge in [-0.2, -0.15) is 5.26 Å². The zero-order chi connectivity index (χ0) is 31.6. The van der Waals surface area contributed by atoms with Crippen LogP contribution in [0.2, 0.25) is 10.0 Å². The molecule has 7 atom stereocenters. The summed E-state index contributed by atoms with van der Waals surface area (Å²) in [6.45, 7) is 2.83. The summed E-state index contributed by atoms with van der Waals surface area (Å²) >= 11 is 13.0. The van der Waals surface area contributed by atoms with Gasteiger partial charge >= 0.3 is 0 Å². The van der Waals surface area contributed by atoms with E-state index in [0.29, 0.717) is 51.6 Å². The lowest BCUT2D eigenvalue weighted by molar-refractivity contribution is -0.139. The Balaban J connectivity index is 1.33. The van der Waals surface area contributed by atoms with Crippen LogP contribution in [0.25, 0.3) is 32.9 Å². The highest BCUT2D eigenvalue weighted by Gasteiger charge is 2.57. The molecule has 7 nitrogen and oxygen atoms in total. The number of aliphatic hydroxyl groups is 1. The molecular formula is C36H34Cl2FN5O2. The van der Waals surface area contributed by atoms with Gasteiger partial charge in [0.2, 0.25) is 5.91 Å². The van der Waals surface area contributed by atoms with Crippen LogP contribution in [0.1, 0.15) is 67.6 Å². The summed E-state index contributed by atoms with van der Waals surface area (Å²) in [4.78, 5) is 20.8. The number of carbonyl (C=O) groups is 1. The first kappa shape index (κ1) is 29.0. The molecule has 6 fully saturated rings. The molecule has 2 aromatic heterocycles. The lowest BCUT2D eigenvalue weighted by Gasteiger charge is -2.42. The van der Waals surface area contributed by atoms with Gasteiger partial charge in [0.25, 0.3) is 0 Å². The van der Waals surface area contributed by atoms with E-state index in [9.17, 15) is 15.2 Å². The SMILES string of the molecule is Cc1nc2c(F)c(-c3cccc(Cl)c3Cl)c(CCC#N)cc2c2c1cc([C@H]1[C@H]3C[C@H](C[C@@H]3O)N1C(=O)C1CC1)n2C1[C@H]2CN[C@@H]1C2. The van der Waals surface area contributed by atoms with Gasteiger partial charge in [-0.1, -0.05) is 35.3 Å². The van der Waals surface area contributed by atoms with Crippen molar-refractivity contribution in [3.05, 3.63) is 63.1 Å². The Morgan fingerprint density at radius 3 is 2.74 bits per heavy atom. The second kappa shape index (κ2) is 10.4. The molecule has 3 aliphatic carbocycles. The molecule has 10 heteroatoms. The molecule has 3 saturated heterocycles. The lowest BCUT2D eigenvalue weighted by atomic mass is 9.79. The van der Waals surface area contributed by atoms with Crippen molar-refractivity contribution in [1.29, 1.82) is 5.26 Å². The van der Waals surface area contributed by atoms with Crippen molar-refractivity contribution in [2.24, 2.45) is 17.8 Å². The van der Waals surface area contributed by atoms with Crippen molar-refractivity contribution >= 4 is 50.9 Å².